The Balaban J connectivity index is 0.00000144. The van der Waals surface area contributed by atoms with Gasteiger partial charge in [-0.15, -0.1) is 24.8 Å². The minimum atomic E-state index is 0. The van der Waals surface area contributed by atoms with Gasteiger partial charge in [-0.1, -0.05) is 24.3 Å². The molecule has 1 aromatic carbocycles. The number of aromatic nitrogens is 3. The highest BCUT2D eigenvalue weighted by atomic mass is 35.5. The Kier molecular flexibility index (Phi) is 8.74. The van der Waals surface area contributed by atoms with Gasteiger partial charge in [0.15, 0.2) is 0 Å². The molecule has 1 heterocycles. The van der Waals surface area contributed by atoms with Crippen molar-refractivity contribution in [2.75, 3.05) is 13.1 Å². The molecule has 132 valence electrons. The number of nitrogens with zero attached hydrogens (tertiary/aromatic N) is 3. The maximum atomic E-state index is 11.8. The van der Waals surface area contributed by atoms with Crippen LogP contribution >= 0.6 is 24.8 Å². The molecule has 2 aromatic rings. The van der Waals surface area contributed by atoms with Crippen LogP contribution in [0.4, 0.5) is 0 Å². The largest absolute Gasteiger partial charge is 0.351 e. The van der Waals surface area contributed by atoms with E-state index in [-0.39, 0.29) is 30.7 Å². The van der Waals surface area contributed by atoms with Gasteiger partial charge in [-0.3, -0.25) is 4.79 Å². The Hall–Kier alpha value is -1.63. The fourth-order valence-corrected chi connectivity index (χ4v) is 2.34. The molecular weight excluding hydrogens is 349 g/mol. The summed E-state index contributed by atoms with van der Waals surface area (Å²) >= 11 is 0. The lowest BCUT2D eigenvalue weighted by Gasteiger charge is -2.11. The van der Waals surface area contributed by atoms with Gasteiger partial charge >= 0.3 is 0 Å². The van der Waals surface area contributed by atoms with E-state index in [1.54, 1.807) is 11.0 Å². The summed E-state index contributed by atoms with van der Waals surface area (Å²) in [6.07, 6.45) is 5.81. The van der Waals surface area contributed by atoms with Crippen molar-refractivity contribution >= 4 is 30.7 Å². The zero-order chi connectivity index (χ0) is 15.2. The monoisotopic (exact) mass is 371 g/mol. The molecule has 6 nitrogen and oxygen atoms in total. The topological polar surface area (TPSA) is 71.8 Å². The number of carbonyl (C=O) groups is 1. The summed E-state index contributed by atoms with van der Waals surface area (Å²) in [4.78, 5) is 15.8. The molecule has 1 amide bonds. The van der Waals surface area contributed by atoms with E-state index in [4.69, 9.17) is 0 Å². The Morgan fingerprint density at radius 2 is 1.96 bits per heavy atom. The average Bonchev–Trinajstić information content (AvgIpc) is 3.21. The molecule has 0 atom stereocenters. The minimum absolute atomic E-state index is 0. The van der Waals surface area contributed by atoms with Crippen molar-refractivity contribution in [1.29, 1.82) is 0 Å². The van der Waals surface area contributed by atoms with E-state index in [1.807, 2.05) is 18.2 Å². The third-order valence-corrected chi connectivity index (χ3v) is 3.81. The van der Waals surface area contributed by atoms with Crippen LogP contribution in [0.3, 0.4) is 0 Å². The smallest absolute Gasteiger partial charge is 0.234 e. The summed E-state index contributed by atoms with van der Waals surface area (Å²) in [5.74, 6) is 0.826. The first-order valence-electron chi connectivity index (χ1n) is 7.68. The quantitative estimate of drug-likeness (QED) is 0.741. The average molecular weight is 372 g/mol. The molecule has 2 N–H and O–H groups in total. The minimum Gasteiger partial charge on any atom is -0.351 e. The van der Waals surface area contributed by atoms with Gasteiger partial charge in [0.25, 0.3) is 0 Å². The molecule has 24 heavy (non-hydrogen) atoms. The van der Waals surface area contributed by atoms with Crippen molar-refractivity contribution in [3.05, 3.63) is 48.0 Å². The summed E-state index contributed by atoms with van der Waals surface area (Å²) < 4.78 is 1.78. The van der Waals surface area contributed by atoms with Gasteiger partial charge in [-0.25, -0.2) is 9.67 Å². The Bertz CT molecular complexity index is 617. The van der Waals surface area contributed by atoms with Gasteiger partial charge < -0.3 is 10.6 Å². The summed E-state index contributed by atoms with van der Waals surface area (Å²) in [7, 11) is 0. The van der Waals surface area contributed by atoms with Gasteiger partial charge in [0.2, 0.25) is 5.91 Å². The number of benzene rings is 1. The maximum Gasteiger partial charge on any atom is 0.234 e. The summed E-state index contributed by atoms with van der Waals surface area (Å²) in [6.45, 7) is 2.54. The van der Waals surface area contributed by atoms with Crippen molar-refractivity contribution in [1.82, 2.24) is 25.4 Å². The van der Waals surface area contributed by atoms with Crippen LogP contribution < -0.4 is 10.6 Å². The van der Waals surface area contributed by atoms with Crippen LogP contribution in [0.2, 0.25) is 0 Å². The molecule has 0 radical (unpaired) electrons. The standard InChI is InChI=1S/C16H21N5O.2ClH/c22-16(9-17-7-13-5-6-13)19-8-14-3-1-2-4-15(14)10-21-12-18-11-20-21;;/h1-4,11-13,17H,5-10H2,(H,19,22);2*1H. The van der Waals surface area contributed by atoms with Crippen LogP contribution in [-0.2, 0) is 17.9 Å². The van der Waals surface area contributed by atoms with Crippen molar-refractivity contribution in [2.45, 2.75) is 25.9 Å². The molecule has 3 rings (SSSR count). The van der Waals surface area contributed by atoms with Crippen LogP contribution in [0, 0.1) is 5.92 Å². The molecule has 1 saturated carbocycles. The van der Waals surface area contributed by atoms with Crippen LogP contribution in [0.15, 0.2) is 36.9 Å². The van der Waals surface area contributed by atoms with Crippen LogP contribution in [0.5, 0.6) is 0 Å². The number of hydrogen-bond acceptors (Lipinski definition) is 4. The Morgan fingerprint density at radius 1 is 1.21 bits per heavy atom. The molecule has 0 spiro atoms. The number of nitrogens with one attached hydrogen (secondary N) is 2. The molecule has 0 bridgehead atoms. The first kappa shape index (κ1) is 20.4. The van der Waals surface area contributed by atoms with Gasteiger partial charge in [-0.05, 0) is 36.4 Å². The lowest BCUT2D eigenvalue weighted by molar-refractivity contribution is -0.120. The van der Waals surface area contributed by atoms with Crippen LogP contribution in [-0.4, -0.2) is 33.8 Å². The highest BCUT2D eigenvalue weighted by molar-refractivity contribution is 5.85. The van der Waals surface area contributed by atoms with Gasteiger partial charge in [0.05, 0.1) is 13.1 Å². The molecule has 1 aromatic heterocycles. The summed E-state index contributed by atoms with van der Waals surface area (Å²) in [6, 6.07) is 8.06. The predicted molar refractivity (Wildman–Crippen MR) is 97.5 cm³/mol. The SMILES string of the molecule is Cl.Cl.O=C(CNCC1CC1)NCc1ccccc1Cn1cncn1. The normalized spacial score (nSPS) is 12.8. The first-order valence-corrected chi connectivity index (χ1v) is 7.68. The fourth-order valence-electron chi connectivity index (χ4n) is 2.34. The van der Waals surface area contributed by atoms with E-state index < -0.39 is 0 Å². The number of carbonyl (C=O) groups excluding carboxylic acids is 1. The molecule has 1 fully saturated rings. The van der Waals surface area contributed by atoms with Crippen molar-refractivity contribution in [2.24, 2.45) is 5.92 Å². The second-order valence-electron chi connectivity index (χ2n) is 5.71. The van der Waals surface area contributed by atoms with E-state index in [0.717, 1.165) is 23.6 Å². The van der Waals surface area contributed by atoms with Crippen molar-refractivity contribution < 1.29 is 4.79 Å². The second-order valence-corrected chi connectivity index (χ2v) is 5.71. The van der Waals surface area contributed by atoms with Crippen LogP contribution in [0.25, 0.3) is 0 Å². The molecule has 0 saturated heterocycles. The fraction of sp³-hybridized carbons (Fsp3) is 0.438. The Morgan fingerprint density at radius 3 is 2.62 bits per heavy atom. The maximum absolute atomic E-state index is 11.8. The van der Waals surface area contributed by atoms with Crippen LogP contribution in [0.1, 0.15) is 24.0 Å². The van der Waals surface area contributed by atoms with Gasteiger partial charge in [0.1, 0.15) is 12.7 Å². The third kappa shape index (κ3) is 6.47. The summed E-state index contributed by atoms with van der Waals surface area (Å²) in [5, 5.41) is 10.3. The molecule has 8 heteroatoms. The highest BCUT2D eigenvalue weighted by Gasteiger charge is 2.20. The van der Waals surface area contributed by atoms with E-state index in [9.17, 15) is 4.79 Å². The number of rotatable bonds is 8. The molecule has 0 unspecified atom stereocenters. The Labute approximate surface area is 154 Å². The predicted octanol–water partition coefficient (Wildman–Crippen LogP) is 1.79. The zero-order valence-corrected chi connectivity index (χ0v) is 15.0. The van der Waals surface area contributed by atoms with E-state index >= 15 is 0 Å². The number of hydrogen-bond donors (Lipinski definition) is 2. The first-order chi connectivity index (χ1) is 10.8. The molecule has 0 aliphatic heterocycles. The van der Waals surface area contributed by atoms with Gasteiger partial charge in [-0.2, -0.15) is 5.10 Å². The third-order valence-electron chi connectivity index (χ3n) is 3.81. The second kappa shape index (κ2) is 10.3. The molecule has 1 aliphatic carbocycles. The molecular formula is C16H23Cl2N5O. The number of amides is 1. The van der Waals surface area contributed by atoms with Gasteiger partial charge in [0, 0.05) is 6.54 Å². The highest BCUT2D eigenvalue weighted by Crippen LogP contribution is 2.27. The van der Waals surface area contributed by atoms with E-state index in [0.29, 0.717) is 19.6 Å². The van der Waals surface area contributed by atoms with E-state index in [2.05, 4.69) is 26.8 Å². The lowest BCUT2D eigenvalue weighted by atomic mass is 10.1. The lowest BCUT2D eigenvalue weighted by Crippen LogP contribution is -2.34. The molecule has 1 aliphatic rings. The summed E-state index contributed by atoms with van der Waals surface area (Å²) in [5.41, 5.74) is 2.24. The van der Waals surface area contributed by atoms with E-state index in [1.165, 1.54) is 19.2 Å². The zero-order valence-electron chi connectivity index (χ0n) is 13.4. The van der Waals surface area contributed by atoms with Crippen molar-refractivity contribution in [3.63, 3.8) is 0 Å². The number of halogens is 2. The van der Waals surface area contributed by atoms with Crippen molar-refractivity contribution in [3.8, 4) is 0 Å².